The number of nitrogens with one attached hydrogen (secondary N) is 2. The fourth-order valence-corrected chi connectivity index (χ4v) is 4.60. The molecule has 2 amide bonds. The number of carbonyl (C=O) groups excluding carboxylic acids is 2. The molecule has 0 spiro atoms. The summed E-state index contributed by atoms with van der Waals surface area (Å²) < 4.78 is 5.90. The quantitative estimate of drug-likeness (QED) is 0.352. The number of amides is 2. The zero-order chi connectivity index (χ0) is 25.8. The van der Waals surface area contributed by atoms with Crippen molar-refractivity contribution in [2.45, 2.75) is 25.8 Å². The third-order valence-electron chi connectivity index (χ3n) is 6.23. The molecule has 1 aliphatic heterocycles. The number of anilines is 1. The van der Waals surface area contributed by atoms with Gasteiger partial charge < -0.3 is 20.7 Å². The van der Waals surface area contributed by atoms with Crippen molar-refractivity contribution in [3.8, 4) is 34.6 Å². The van der Waals surface area contributed by atoms with Gasteiger partial charge in [-0.25, -0.2) is 4.98 Å². The summed E-state index contributed by atoms with van der Waals surface area (Å²) in [5.74, 6) is 6.32. The SMILES string of the molecule is CC#CC(=O)NC1CCCN(c2nc(-c3ccc(Oc4ccccc4)cc3)c(C(N)=O)c3[nH]ncc23)C1. The van der Waals surface area contributed by atoms with Crippen LogP contribution in [0, 0.1) is 11.8 Å². The Kier molecular flexibility index (Phi) is 6.72. The van der Waals surface area contributed by atoms with Crippen molar-refractivity contribution in [3.63, 3.8) is 0 Å². The number of piperidine rings is 1. The first-order valence-corrected chi connectivity index (χ1v) is 12.0. The average Bonchev–Trinajstić information content (AvgIpc) is 3.39. The number of rotatable bonds is 6. The molecule has 0 bridgehead atoms. The highest BCUT2D eigenvalue weighted by Crippen LogP contribution is 2.35. The van der Waals surface area contributed by atoms with Gasteiger partial charge in [0.05, 0.1) is 28.4 Å². The fourth-order valence-electron chi connectivity index (χ4n) is 4.60. The van der Waals surface area contributed by atoms with Crippen molar-refractivity contribution in [2.24, 2.45) is 5.73 Å². The predicted octanol–water partition coefficient (Wildman–Crippen LogP) is 3.62. The Balaban J connectivity index is 1.51. The average molecular weight is 495 g/mol. The molecule has 2 aromatic heterocycles. The van der Waals surface area contributed by atoms with E-state index in [2.05, 4.69) is 32.3 Å². The van der Waals surface area contributed by atoms with E-state index in [1.165, 1.54) is 0 Å². The minimum absolute atomic E-state index is 0.0699. The zero-order valence-corrected chi connectivity index (χ0v) is 20.3. The monoisotopic (exact) mass is 494 g/mol. The second-order valence-corrected chi connectivity index (χ2v) is 8.76. The van der Waals surface area contributed by atoms with Crippen LogP contribution < -0.4 is 20.7 Å². The lowest BCUT2D eigenvalue weighted by Gasteiger charge is -2.34. The number of ether oxygens (including phenoxy) is 1. The topological polar surface area (TPSA) is 126 Å². The summed E-state index contributed by atoms with van der Waals surface area (Å²) >= 11 is 0. The van der Waals surface area contributed by atoms with E-state index >= 15 is 0 Å². The summed E-state index contributed by atoms with van der Waals surface area (Å²) in [5, 5.41) is 10.8. The highest BCUT2D eigenvalue weighted by molar-refractivity contribution is 6.12. The Morgan fingerprint density at radius 3 is 2.62 bits per heavy atom. The number of hydrogen-bond donors (Lipinski definition) is 3. The molecule has 186 valence electrons. The first-order chi connectivity index (χ1) is 18.0. The third kappa shape index (κ3) is 5.09. The molecule has 3 heterocycles. The summed E-state index contributed by atoms with van der Waals surface area (Å²) in [4.78, 5) is 31.6. The lowest BCUT2D eigenvalue weighted by atomic mass is 10.0. The number of primary amides is 1. The van der Waals surface area contributed by atoms with Crippen molar-refractivity contribution in [2.75, 3.05) is 18.0 Å². The van der Waals surface area contributed by atoms with Gasteiger partial charge in [-0.15, -0.1) is 0 Å². The van der Waals surface area contributed by atoms with Crippen LogP contribution in [0.2, 0.25) is 0 Å². The van der Waals surface area contributed by atoms with Crippen LogP contribution in [0.25, 0.3) is 22.2 Å². The van der Waals surface area contributed by atoms with Crippen LogP contribution in [0.15, 0.2) is 60.8 Å². The molecule has 9 nitrogen and oxygen atoms in total. The largest absolute Gasteiger partial charge is 0.457 e. The Labute approximate surface area is 214 Å². The maximum Gasteiger partial charge on any atom is 0.296 e. The van der Waals surface area contributed by atoms with Crippen LogP contribution in [-0.2, 0) is 4.79 Å². The van der Waals surface area contributed by atoms with E-state index in [0.29, 0.717) is 40.3 Å². The van der Waals surface area contributed by atoms with Gasteiger partial charge in [0.25, 0.3) is 11.8 Å². The highest BCUT2D eigenvalue weighted by atomic mass is 16.5. The zero-order valence-electron chi connectivity index (χ0n) is 20.3. The molecule has 9 heteroatoms. The number of para-hydroxylation sites is 1. The molecule has 1 atom stereocenters. The van der Waals surface area contributed by atoms with Gasteiger partial charge in [-0.2, -0.15) is 5.10 Å². The number of hydrogen-bond acceptors (Lipinski definition) is 6. The number of carbonyl (C=O) groups is 2. The van der Waals surface area contributed by atoms with E-state index in [1.54, 1.807) is 13.1 Å². The van der Waals surface area contributed by atoms with Crippen molar-refractivity contribution < 1.29 is 14.3 Å². The molecule has 1 aliphatic rings. The van der Waals surface area contributed by atoms with Crippen molar-refractivity contribution in [3.05, 3.63) is 66.4 Å². The van der Waals surface area contributed by atoms with Crippen molar-refractivity contribution >= 4 is 28.5 Å². The number of nitrogens with two attached hydrogens (primary N) is 1. The normalized spacial score (nSPS) is 15.1. The van der Waals surface area contributed by atoms with E-state index in [0.717, 1.165) is 25.1 Å². The fraction of sp³-hybridized carbons (Fsp3) is 0.214. The minimum Gasteiger partial charge on any atom is -0.457 e. The van der Waals surface area contributed by atoms with Gasteiger partial charge in [0.15, 0.2) is 0 Å². The Hall–Kier alpha value is -4.84. The van der Waals surface area contributed by atoms with E-state index in [9.17, 15) is 9.59 Å². The van der Waals surface area contributed by atoms with Crippen LogP contribution in [0.1, 0.15) is 30.1 Å². The third-order valence-corrected chi connectivity index (χ3v) is 6.23. The lowest BCUT2D eigenvalue weighted by Crippen LogP contribution is -2.47. The van der Waals surface area contributed by atoms with Crippen LogP contribution in [0.4, 0.5) is 5.82 Å². The molecule has 37 heavy (non-hydrogen) atoms. The Morgan fingerprint density at radius 1 is 1.14 bits per heavy atom. The number of aromatic amines is 1. The lowest BCUT2D eigenvalue weighted by molar-refractivity contribution is -0.116. The molecule has 5 rings (SSSR count). The van der Waals surface area contributed by atoms with Gasteiger partial charge in [0.1, 0.15) is 17.3 Å². The van der Waals surface area contributed by atoms with Crippen LogP contribution in [0.3, 0.4) is 0 Å². The second-order valence-electron chi connectivity index (χ2n) is 8.76. The molecular weight excluding hydrogens is 468 g/mol. The Bertz CT molecular complexity index is 1500. The standard InChI is InChI=1S/C28H26N6O3/c1-2-7-23(35)31-19-8-6-15-34(17-19)28-22-16-30-33-26(22)24(27(29)36)25(32-28)18-11-13-21(14-12-18)37-20-9-4-3-5-10-20/h3-5,9-14,16,19H,6,8,15,17H2,1H3,(H2,29,36)(H,30,33)(H,31,35). The maximum absolute atomic E-state index is 12.6. The molecule has 0 aliphatic carbocycles. The van der Waals surface area contributed by atoms with Gasteiger partial charge in [-0.05, 0) is 62.1 Å². The molecule has 1 fully saturated rings. The minimum atomic E-state index is -0.602. The summed E-state index contributed by atoms with van der Waals surface area (Å²) in [7, 11) is 0. The van der Waals surface area contributed by atoms with Crippen LogP contribution in [-0.4, -0.2) is 46.1 Å². The summed E-state index contributed by atoms with van der Waals surface area (Å²) in [6.45, 7) is 2.94. The maximum atomic E-state index is 12.6. The number of H-pyrrole nitrogens is 1. The van der Waals surface area contributed by atoms with Crippen LogP contribution >= 0.6 is 0 Å². The summed E-state index contributed by atoms with van der Waals surface area (Å²) in [5.41, 5.74) is 7.78. The van der Waals surface area contributed by atoms with Gasteiger partial charge in [-0.3, -0.25) is 14.7 Å². The number of nitrogens with zero attached hydrogens (tertiary/aromatic N) is 3. The van der Waals surface area contributed by atoms with Gasteiger partial charge in [0, 0.05) is 24.7 Å². The molecule has 1 saturated heterocycles. The molecular formula is C28H26N6O3. The number of benzene rings is 2. The van der Waals surface area contributed by atoms with Crippen molar-refractivity contribution in [1.82, 2.24) is 20.5 Å². The number of pyridine rings is 1. The smallest absolute Gasteiger partial charge is 0.296 e. The number of aromatic nitrogens is 3. The molecule has 1 unspecified atom stereocenters. The van der Waals surface area contributed by atoms with E-state index in [-0.39, 0.29) is 17.5 Å². The molecule has 4 aromatic rings. The van der Waals surface area contributed by atoms with E-state index in [1.807, 2.05) is 54.6 Å². The molecule has 4 N–H and O–H groups in total. The van der Waals surface area contributed by atoms with E-state index < -0.39 is 5.91 Å². The highest BCUT2D eigenvalue weighted by Gasteiger charge is 2.27. The summed E-state index contributed by atoms with van der Waals surface area (Å²) in [6, 6.07) is 16.8. The van der Waals surface area contributed by atoms with Crippen molar-refractivity contribution in [1.29, 1.82) is 0 Å². The van der Waals surface area contributed by atoms with E-state index in [4.69, 9.17) is 15.5 Å². The van der Waals surface area contributed by atoms with Gasteiger partial charge >= 0.3 is 0 Å². The summed E-state index contributed by atoms with van der Waals surface area (Å²) in [6.07, 6.45) is 3.36. The first-order valence-electron chi connectivity index (χ1n) is 12.0. The molecule has 2 aromatic carbocycles. The van der Waals surface area contributed by atoms with Gasteiger partial charge in [0.2, 0.25) is 0 Å². The molecule has 0 saturated carbocycles. The van der Waals surface area contributed by atoms with Gasteiger partial charge in [-0.1, -0.05) is 24.1 Å². The second kappa shape index (κ2) is 10.4. The first kappa shape index (κ1) is 23.9. The Morgan fingerprint density at radius 2 is 1.89 bits per heavy atom. The number of fused-ring (bicyclic) bond motifs is 1. The predicted molar refractivity (Wildman–Crippen MR) is 141 cm³/mol. The molecule has 0 radical (unpaired) electrons. The van der Waals surface area contributed by atoms with Crippen LogP contribution in [0.5, 0.6) is 11.5 Å².